The Kier molecular flexibility index (Phi) is 5.24. The van der Waals surface area contributed by atoms with Crippen LogP contribution in [-0.4, -0.2) is 70.3 Å². The number of H-pyrrole nitrogens is 1. The second kappa shape index (κ2) is 7.93. The van der Waals surface area contributed by atoms with E-state index in [0.29, 0.717) is 5.65 Å². The molecule has 0 radical (unpaired) electrons. The molecule has 3 aromatic heterocycles. The van der Waals surface area contributed by atoms with Gasteiger partial charge in [0.15, 0.2) is 5.65 Å². The van der Waals surface area contributed by atoms with Crippen molar-refractivity contribution in [3.8, 4) is 11.3 Å². The zero-order valence-electron chi connectivity index (χ0n) is 18.6. The van der Waals surface area contributed by atoms with Crippen molar-refractivity contribution >= 4 is 5.65 Å². The number of aryl methyl sites for hydroxylation is 1. The van der Waals surface area contributed by atoms with E-state index in [2.05, 4.69) is 28.7 Å². The molecule has 2 aliphatic heterocycles. The molecule has 8 heteroatoms. The highest BCUT2D eigenvalue weighted by molar-refractivity contribution is 5.65. The summed E-state index contributed by atoms with van der Waals surface area (Å²) in [6.07, 6.45) is 2.39. The minimum atomic E-state index is 0.0135. The molecule has 0 amide bonds. The number of furan rings is 1. The molecular formula is C23H31N5O3. The summed E-state index contributed by atoms with van der Waals surface area (Å²) in [5, 5.41) is 3.20. The number of aromatic nitrogens is 3. The molecule has 0 aliphatic carbocycles. The van der Waals surface area contributed by atoms with Crippen molar-refractivity contribution in [2.45, 2.75) is 33.7 Å². The number of hydrogen-bond acceptors (Lipinski definition) is 6. The Balaban J connectivity index is 1.36. The molecule has 0 aromatic carbocycles. The lowest BCUT2D eigenvalue weighted by molar-refractivity contribution is 0.0140. The summed E-state index contributed by atoms with van der Waals surface area (Å²) >= 11 is 0. The van der Waals surface area contributed by atoms with E-state index in [0.717, 1.165) is 87.2 Å². The van der Waals surface area contributed by atoms with Crippen LogP contribution in [0.3, 0.4) is 0 Å². The van der Waals surface area contributed by atoms with Crippen molar-refractivity contribution < 1.29 is 9.15 Å². The van der Waals surface area contributed by atoms with Gasteiger partial charge in [-0.2, -0.15) is 0 Å². The van der Waals surface area contributed by atoms with Crippen molar-refractivity contribution in [3.63, 3.8) is 0 Å². The van der Waals surface area contributed by atoms with E-state index >= 15 is 0 Å². The predicted molar refractivity (Wildman–Crippen MR) is 118 cm³/mol. The average molecular weight is 426 g/mol. The molecule has 2 aliphatic rings. The van der Waals surface area contributed by atoms with Crippen LogP contribution in [0, 0.1) is 12.3 Å². The number of nitrogens with zero attached hydrogens (tertiary/aromatic N) is 4. The van der Waals surface area contributed by atoms with E-state index in [4.69, 9.17) is 14.1 Å². The maximum atomic E-state index is 13.1. The smallest absolute Gasteiger partial charge is 0.276 e. The third-order valence-corrected chi connectivity index (χ3v) is 6.40. The van der Waals surface area contributed by atoms with E-state index < -0.39 is 0 Å². The molecule has 1 N–H and O–H groups in total. The topological polar surface area (TPSA) is 79.0 Å². The van der Waals surface area contributed by atoms with Crippen LogP contribution in [0.15, 0.2) is 27.6 Å². The van der Waals surface area contributed by atoms with Crippen LogP contribution in [0.4, 0.5) is 0 Å². The molecule has 1 saturated heterocycles. The fraction of sp³-hybridized carbons (Fsp3) is 0.565. The molecule has 5 rings (SSSR count). The van der Waals surface area contributed by atoms with Gasteiger partial charge in [-0.25, -0.2) is 9.50 Å². The van der Waals surface area contributed by atoms with Gasteiger partial charge in [-0.3, -0.25) is 19.7 Å². The largest absolute Gasteiger partial charge is 0.469 e. The monoisotopic (exact) mass is 425 g/mol. The number of rotatable bonds is 5. The van der Waals surface area contributed by atoms with Gasteiger partial charge in [-0.05, 0) is 24.8 Å². The normalized spacial score (nSPS) is 18.5. The first-order chi connectivity index (χ1) is 14.9. The summed E-state index contributed by atoms with van der Waals surface area (Å²) in [7, 11) is 0. The maximum absolute atomic E-state index is 13.1. The first-order valence-electron chi connectivity index (χ1n) is 11.1. The SMILES string of the molecule is Cc1occc1-c1cc2nc3c(c(=O)n2[nH]1)CCN(CC(C)(C)CN1CCOCC1)C3. The van der Waals surface area contributed by atoms with Gasteiger partial charge in [-0.15, -0.1) is 0 Å². The minimum Gasteiger partial charge on any atom is -0.469 e. The second-order valence-electron chi connectivity index (χ2n) is 9.61. The lowest BCUT2D eigenvalue weighted by atomic mass is 9.90. The quantitative estimate of drug-likeness (QED) is 0.676. The molecule has 5 heterocycles. The molecule has 0 atom stereocenters. The van der Waals surface area contributed by atoms with E-state index in [1.54, 1.807) is 10.8 Å². The Morgan fingerprint density at radius 3 is 2.68 bits per heavy atom. The van der Waals surface area contributed by atoms with E-state index in [1.807, 2.05) is 19.1 Å². The van der Waals surface area contributed by atoms with Crippen LogP contribution in [0.5, 0.6) is 0 Å². The van der Waals surface area contributed by atoms with Crippen molar-refractivity contribution in [3.05, 3.63) is 45.8 Å². The van der Waals surface area contributed by atoms with Crippen molar-refractivity contribution in [1.82, 2.24) is 24.4 Å². The van der Waals surface area contributed by atoms with Crippen LogP contribution in [0.25, 0.3) is 16.9 Å². The summed E-state index contributed by atoms with van der Waals surface area (Å²) in [4.78, 5) is 22.9. The van der Waals surface area contributed by atoms with Gasteiger partial charge >= 0.3 is 0 Å². The van der Waals surface area contributed by atoms with Crippen LogP contribution < -0.4 is 5.56 Å². The zero-order chi connectivity index (χ0) is 21.6. The van der Waals surface area contributed by atoms with Gasteiger partial charge in [0.05, 0.1) is 30.9 Å². The Hall–Kier alpha value is -2.42. The fourth-order valence-electron chi connectivity index (χ4n) is 5.00. The van der Waals surface area contributed by atoms with Crippen molar-refractivity contribution in [2.75, 3.05) is 45.9 Å². The van der Waals surface area contributed by atoms with Gasteiger partial charge in [0, 0.05) is 56.5 Å². The Morgan fingerprint density at radius 2 is 1.94 bits per heavy atom. The van der Waals surface area contributed by atoms with Crippen molar-refractivity contribution in [1.29, 1.82) is 0 Å². The van der Waals surface area contributed by atoms with Gasteiger partial charge in [0.2, 0.25) is 0 Å². The molecule has 0 saturated carbocycles. The standard InChI is InChI=1S/C23H31N5O3/c1-16-17(5-9-31-16)19-12-21-24-20-13-27(6-4-18(20)22(29)28(21)25-19)15-23(2,3)14-26-7-10-30-11-8-26/h5,9,12,25H,4,6-8,10-11,13-15H2,1-3H3. The first kappa shape index (κ1) is 20.5. The van der Waals surface area contributed by atoms with Crippen LogP contribution >= 0.6 is 0 Å². The lowest BCUT2D eigenvalue weighted by Crippen LogP contribution is -2.47. The predicted octanol–water partition coefficient (Wildman–Crippen LogP) is 2.31. The molecule has 0 bridgehead atoms. The highest BCUT2D eigenvalue weighted by Gasteiger charge is 2.29. The van der Waals surface area contributed by atoms with E-state index in [9.17, 15) is 4.79 Å². The molecule has 31 heavy (non-hydrogen) atoms. The highest BCUT2D eigenvalue weighted by Crippen LogP contribution is 2.26. The molecule has 8 nitrogen and oxygen atoms in total. The molecule has 1 fully saturated rings. The van der Waals surface area contributed by atoms with Crippen LogP contribution in [-0.2, 0) is 17.7 Å². The van der Waals surface area contributed by atoms with Gasteiger partial charge < -0.3 is 9.15 Å². The molecular weight excluding hydrogens is 394 g/mol. The summed E-state index contributed by atoms with van der Waals surface area (Å²) < 4.78 is 12.5. The number of ether oxygens (including phenoxy) is 1. The van der Waals surface area contributed by atoms with E-state index in [-0.39, 0.29) is 11.0 Å². The lowest BCUT2D eigenvalue weighted by Gasteiger charge is -2.39. The van der Waals surface area contributed by atoms with Gasteiger partial charge in [-0.1, -0.05) is 13.8 Å². The summed E-state index contributed by atoms with van der Waals surface area (Å²) in [5.74, 6) is 0.818. The maximum Gasteiger partial charge on any atom is 0.276 e. The minimum absolute atomic E-state index is 0.0135. The Bertz CT molecular complexity index is 1140. The Labute approximate surface area is 181 Å². The molecule has 3 aromatic rings. The third kappa shape index (κ3) is 4.07. The summed E-state index contributed by atoms with van der Waals surface area (Å²) in [5.41, 5.74) is 4.38. The second-order valence-corrected chi connectivity index (χ2v) is 9.61. The summed E-state index contributed by atoms with van der Waals surface area (Å²) in [6.45, 7) is 13.9. The van der Waals surface area contributed by atoms with Crippen LogP contribution in [0.1, 0.15) is 30.9 Å². The molecule has 166 valence electrons. The van der Waals surface area contributed by atoms with E-state index in [1.165, 1.54) is 0 Å². The number of morpholine rings is 1. The molecule has 0 spiro atoms. The Morgan fingerprint density at radius 1 is 1.16 bits per heavy atom. The fourth-order valence-corrected chi connectivity index (χ4v) is 5.00. The third-order valence-electron chi connectivity index (χ3n) is 6.40. The summed E-state index contributed by atoms with van der Waals surface area (Å²) in [6, 6.07) is 3.84. The zero-order valence-corrected chi connectivity index (χ0v) is 18.6. The highest BCUT2D eigenvalue weighted by atomic mass is 16.5. The number of fused-ring (bicyclic) bond motifs is 2. The van der Waals surface area contributed by atoms with Gasteiger partial charge in [0.25, 0.3) is 5.56 Å². The number of aromatic amines is 1. The van der Waals surface area contributed by atoms with Crippen LogP contribution in [0.2, 0.25) is 0 Å². The van der Waals surface area contributed by atoms with Gasteiger partial charge in [0.1, 0.15) is 5.76 Å². The van der Waals surface area contributed by atoms with Crippen molar-refractivity contribution in [2.24, 2.45) is 5.41 Å². The molecule has 0 unspecified atom stereocenters. The average Bonchev–Trinajstić information content (AvgIpc) is 3.34. The first-order valence-corrected chi connectivity index (χ1v) is 11.1. The number of nitrogens with one attached hydrogen (secondary N) is 1. The number of hydrogen-bond donors (Lipinski definition) is 1.